The molecule has 0 aromatic rings. The molecule has 1 N–H and O–H groups in total. The molecule has 1 aliphatic heterocycles. The van der Waals surface area contributed by atoms with Gasteiger partial charge in [0.15, 0.2) is 0 Å². The number of aliphatic carboxylic acids is 1. The second-order valence-corrected chi connectivity index (χ2v) is 5.48. The molecule has 2 unspecified atom stereocenters. The lowest BCUT2D eigenvalue weighted by Crippen LogP contribution is -2.47. The number of hydrogen-bond donors (Lipinski definition) is 1. The van der Waals surface area contributed by atoms with Gasteiger partial charge >= 0.3 is 5.97 Å². The summed E-state index contributed by atoms with van der Waals surface area (Å²) in [4.78, 5) is 25.6. The van der Waals surface area contributed by atoms with Crippen molar-refractivity contribution in [3.63, 3.8) is 0 Å². The van der Waals surface area contributed by atoms with Gasteiger partial charge in [-0.05, 0) is 25.7 Å². The Labute approximate surface area is 116 Å². The molecule has 1 fully saturated rings. The van der Waals surface area contributed by atoms with Crippen molar-refractivity contribution in [3.05, 3.63) is 0 Å². The number of amides is 1. The molecule has 1 aliphatic rings. The van der Waals surface area contributed by atoms with Crippen molar-refractivity contribution in [1.29, 1.82) is 0 Å². The maximum Gasteiger partial charge on any atom is 0.326 e. The van der Waals surface area contributed by atoms with E-state index in [1.165, 1.54) is 0 Å². The molecule has 4 heteroatoms. The van der Waals surface area contributed by atoms with E-state index in [1.54, 1.807) is 4.90 Å². The molecule has 0 aromatic heterocycles. The van der Waals surface area contributed by atoms with Crippen LogP contribution in [0.1, 0.15) is 65.2 Å². The Morgan fingerprint density at radius 2 is 2.00 bits per heavy atom. The summed E-state index contributed by atoms with van der Waals surface area (Å²) in [6.45, 7) is 4.74. The largest absolute Gasteiger partial charge is 0.480 e. The molecular weight excluding hydrogens is 242 g/mol. The van der Waals surface area contributed by atoms with E-state index in [2.05, 4.69) is 6.92 Å². The van der Waals surface area contributed by atoms with Gasteiger partial charge in [-0.3, -0.25) is 4.79 Å². The van der Waals surface area contributed by atoms with Crippen molar-refractivity contribution in [1.82, 2.24) is 4.90 Å². The number of likely N-dealkylation sites (tertiary alicyclic amines) is 1. The first-order valence-electron chi connectivity index (χ1n) is 7.65. The number of nitrogens with zero attached hydrogens (tertiary/aromatic N) is 1. The Hall–Kier alpha value is -1.06. The van der Waals surface area contributed by atoms with Gasteiger partial charge in [0.1, 0.15) is 6.04 Å². The minimum absolute atomic E-state index is 0.0000926. The van der Waals surface area contributed by atoms with Crippen molar-refractivity contribution in [3.8, 4) is 0 Å². The standard InChI is InChI=1S/C15H27NO3/c1-3-5-9-12(4-2)14(17)16-11-8-6-7-10-13(16)15(18)19/h12-13H,3-11H2,1-2H3,(H,18,19). The number of carbonyl (C=O) groups excluding carboxylic acids is 1. The van der Waals surface area contributed by atoms with E-state index in [0.29, 0.717) is 13.0 Å². The SMILES string of the molecule is CCCCC(CC)C(=O)N1CCCCCC1C(=O)O. The van der Waals surface area contributed by atoms with Crippen LogP contribution in [0.5, 0.6) is 0 Å². The van der Waals surface area contributed by atoms with Crippen LogP contribution in [-0.4, -0.2) is 34.5 Å². The second-order valence-electron chi connectivity index (χ2n) is 5.48. The summed E-state index contributed by atoms with van der Waals surface area (Å²) in [5.74, 6) is -0.786. The third-order valence-corrected chi connectivity index (χ3v) is 4.07. The molecule has 2 atom stereocenters. The van der Waals surface area contributed by atoms with Gasteiger partial charge in [-0.1, -0.05) is 39.5 Å². The van der Waals surface area contributed by atoms with Crippen LogP contribution < -0.4 is 0 Å². The fourth-order valence-corrected chi connectivity index (χ4v) is 2.82. The first-order valence-corrected chi connectivity index (χ1v) is 7.65. The van der Waals surface area contributed by atoms with Gasteiger partial charge in [0.2, 0.25) is 5.91 Å². The minimum Gasteiger partial charge on any atom is -0.480 e. The summed E-state index contributed by atoms with van der Waals surface area (Å²) >= 11 is 0. The molecule has 4 nitrogen and oxygen atoms in total. The molecule has 0 saturated carbocycles. The van der Waals surface area contributed by atoms with E-state index in [0.717, 1.165) is 44.9 Å². The van der Waals surface area contributed by atoms with Crippen molar-refractivity contribution in [2.24, 2.45) is 5.92 Å². The first kappa shape index (κ1) is 16.0. The van der Waals surface area contributed by atoms with Crippen molar-refractivity contribution < 1.29 is 14.7 Å². The fourth-order valence-electron chi connectivity index (χ4n) is 2.82. The molecule has 0 spiro atoms. The van der Waals surface area contributed by atoms with Gasteiger partial charge in [-0.2, -0.15) is 0 Å². The van der Waals surface area contributed by atoms with Crippen LogP contribution in [0.2, 0.25) is 0 Å². The molecular formula is C15H27NO3. The zero-order chi connectivity index (χ0) is 14.3. The predicted molar refractivity (Wildman–Crippen MR) is 74.9 cm³/mol. The van der Waals surface area contributed by atoms with E-state index in [9.17, 15) is 14.7 Å². The number of carboxylic acid groups (broad SMARTS) is 1. The highest BCUT2D eigenvalue weighted by Gasteiger charge is 2.33. The monoisotopic (exact) mass is 269 g/mol. The van der Waals surface area contributed by atoms with E-state index in [1.807, 2.05) is 6.92 Å². The number of hydrogen-bond acceptors (Lipinski definition) is 2. The minimum atomic E-state index is -0.847. The lowest BCUT2D eigenvalue weighted by Gasteiger charge is -2.30. The molecule has 19 heavy (non-hydrogen) atoms. The smallest absolute Gasteiger partial charge is 0.326 e. The maximum absolute atomic E-state index is 12.6. The highest BCUT2D eigenvalue weighted by atomic mass is 16.4. The summed E-state index contributed by atoms with van der Waals surface area (Å²) in [5.41, 5.74) is 0. The normalized spacial score (nSPS) is 21.8. The molecule has 1 heterocycles. The topological polar surface area (TPSA) is 57.6 Å². The number of carbonyl (C=O) groups is 2. The van der Waals surface area contributed by atoms with Crippen LogP contribution in [0.4, 0.5) is 0 Å². The van der Waals surface area contributed by atoms with Crippen molar-refractivity contribution in [2.75, 3.05) is 6.54 Å². The van der Waals surface area contributed by atoms with Crippen molar-refractivity contribution in [2.45, 2.75) is 71.3 Å². The van der Waals surface area contributed by atoms with Gasteiger partial charge in [-0.15, -0.1) is 0 Å². The zero-order valence-corrected chi connectivity index (χ0v) is 12.2. The van der Waals surface area contributed by atoms with Crippen molar-refractivity contribution >= 4 is 11.9 Å². The number of carboxylic acids is 1. The Morgan fingerprint density at radius 3 is 2.58 bits per heavy atom. The summed E-state index contributed by atoms with van der Waals surface area (Å²) in [5, 5.41) is 9.32. The summed E-state index contributed by atoms with van der Waals surface area (Å²) in [6.07, 6.45) is 7.27. The average molecular weight is 269 g/mol. The Bertz CT molecular complexity index is 304. The molecule has 0 bridgehead atoms. The quantitative estimate of drug-likeness (QED) is 0.806. The lowest BCUT2D eigenvalue weighted by atomic mass is 9.96. The van der Waals surface area contributed by atoms with E-state index in [-0.39, 0.29) is 11.8 Å². The molecule has 1 amide bonds. The molecule has 0 radical (unpaired) electrons. The third kappa shape index (κ3) is 4.51. The van der Waals surface area contributed by atoms with Crippen LogP contribution in [0.15, 0.2) is 0 Å². The Balaban J connectivity index is 2.76. The molecule has 110 valence electrons. The lowest BCUT2D eigenvalue weighted by molar-refractivity contribution is -0.152. The predicted octanol–water partition coefficient (Wildman–Crippen LogP) is 3.06. The van der Waals surface area contributed by atoms with E-state index < -0.39 is 12.0 Å². The van der Waals surface area contributed by atoms with Gasteiger partial charge in [0.05, 0.1) is 0 Å². The Kier molecular flexibility index (Phi) is 6.89. The van der Waals surface area contributed by atoms with E-state index >= 15 is 0 Å². The number of unbranched alkanes of at least 4 members (excludes halogenated alkanes) is 1. The zero-order valence-electron chi connectivity index (χ0n) is 12.2. The third-order valence-electron chi connectivity index (χ3n) is 4.07. The van der Waals surface area contributed by atoms with Crippen LogP contribution in [0.3, 0.4) is 0 Å². The molecule has 0 aliphatic carbocycles. The summed E-state index contributed by atoms with van der Waals surface area (Å²) < 4.78 is 0. The van der Waals surface area contributed by atoms with Gasteiger partial charge in [0.25, 0.3) is 0 Å². The molecule has 1 saturated heterocycles. The summed E-state index contributed by atoms with van der Waals surface area (Å²) in [7, 11) is 0. The highest BCUT2D eigenvalue weighted by molar-refractivity contribution is 5.85. The fraction of sp³-hybridized carbons (Fsp3) is 0.867. The highest BCUT2D eigenvalue weighted by Crippen LogP contribution is 2.23. The van der Waals surface area contributed by atoms with Gasteiger partial charge in [0, 0.05) is 12.5 Å². The van der Waals surface area contributed by atoms with Gasteiger partial charge < -0.3 is 10.0 Å². The molecule has 0 aromatic carbocycles. The van der Waals surface area contributed by atoms with E-state index in [4.69, 9.17) is 0 Å². The molecule has 1 rings (SSSR count). The first-order chi connectivity index (χ1) is 9.11. The van der Waals surface area contributed by atoms with Crippen LogP contribution in [0, 0.1) is 5.92 Å². The van der Waals surface area contributed by atoms with Crippen LogP contribution in [0.25, 0.3) is 0 Å². The van der Waals surface area contributed by atoms with Crippen LogP contribution in [-0.2, 0) is 9.59 Å². The average Bonchev–Trinajstić information content (AvgIpc) is 2.64. The second kappa shape index (κ2) is 8.18. The van der Waals surface area contributed by atoms with Crippen LogP contribution >= 0.6 is 0 Å². The number of rotatable bonds is 6. The Morgan fingerprint density at radius 1 is 1.26 bits per heavy atom. The maximum atomic E-state index is 12.6. The summed E-state index contributed by atoms with van der Waals surface area (Å²) in [6, 6.07) is -0.606. The van der Waals surface area contributed by atoms with Gasteiger partial charge in [-0.25, -0.2) is 4.79 Å².